The number of carbonyl (C=O) groups is 2. The van der Waals surface area contributed by atoms with Crippen molar-refractivity contribution in [3.05, 3.63) is 0 Å². The Bertz CT molecular complexity index is 278. The van der Waals surface area contributed by atoms with Crippen LogP contribution in [0.25, 0.3) is 0 Å². The topological polar surface area (TPSA) is 87.7 Å². The molecule has 0 atom stereocenters. The first-order chi connectivity index (χ1) is 9.18. The largest absolute Gasteiger partial charge is 0.481 e. The number of urea groups is 1. The fourth-order valence-electron chi connectivity index (χ4n) is 2.04. The van der Waals surface area contributed by atoms with Crippen LogP contribution in [0.1, 0.15) is 44.9 Å². The normalized spacial score (nSPS) is 16.0. The van der Waals surface area contributed by atoms with Gasteiger partial charge in [-0.15, -0.1) is 0 Å². The molecule has 1 fully saturated rings. The van der Waals surface area contributed by atoms with Crippen molar-refractivity contribution in [2.24, 2.45) is 0 Å². The Morgan fingerprint density at radius 2 is 1.79 bits per heavy atom. The molecule has 0 aromatic heterocycles. The van der Waals surface area contributed by atoms with Crippen LogP contribution in [0, 0.1) is 0 Å². The molecule has 0 spiro atoms. The summed E-state index contributed by atoms with van der Waals surface area (Å²) in [4.78, 5) is 21.8. The molecule has 0 bridgehead atoms. The van der Waals surface area contributed by atoms with Gasteiger partial charge in [0, 0.05) is 32.2 Å². The van der Waals surface area contributed by atoms with E-state index in [1.165, 1.54) is 0 Å². The molecular weight excluding hydrogens is 248 g/mol. The summed E-state index contributed by atoms with van der Waals surface area (Å²) in [7, 11) is 0. The lowest BCUT2D eigenvalue weighted by Gasteiger charge is -2.23. The van der Waals surface area contributed by atoms with Crippen LogP contribution in [-0.4, -0.2) is 42.9 Å². The van der Waals surface area contributed by atoms with Crippen LogP contribution in [0.2, 0.25) is 0 Å². The van der Waals surface area contributed by atoms with Crippen LogP contribution < -0.4 is 10.6 Å². The van der Waals surface area contributed by atoms with Gasteiger partial charge in [0.25, 0.3) is 0 Å². The zero-order valence-corrected chi connectivity index (χ0v) is 11.3. The first-order valence-corrected chi connectivity index (χ1v) is 7.02. The van der Waals surface area contributed by atoms with Gasteiger partial charge in [-0.25, -0.2) is 4.79 Å². The van der Waals surface area contributed by atoms with E-state index >= 15 is 0 Å². The average Bonchev–Trinajstić information content (AvgIpc) is 2.38. The molecule has 0 aliphatic carbocycles. The molecule has 110 valence electrons. The number of carboxylic acids is 1. The zero-order valence-electron chi connectivity index (χ0n) is 11.3. The van der Waals surface area contributed by atoms with Crippen molar-refractivity contribution < 1.29 is 19.4 Å². The number of rotatable bonds is 8. The second-order valence-corrected chi connectivity index (χ2v) is 4.84. The number of ether oxygens (including phenoxy) is 1. The first kappa shape index (κ1) is 15.8. The number of hydrogen-bond donors (Lipinski definition) is 3. The molecule has 6 heteroatoms. The first-order valence-electron chi connectivity index (χ1n) is 7.02. The highest BCUT2D eigenvalue weighted by molar-refractivity contribution is 5.74. The second kappa shape index (κ2) is 9.61. The second-order valence-electron chi connectivity index (χ2n) is 4.84. The average molecular weight is 272 g/mol. The molecule has 0 unspecified atom stereocenters. The molecule has 19 heavy (non-hydrogen) atoms. The number of unbranched alkanes of at least 4 members (excludes halogenated alkanes) is 3. The summed E-state index contributed by atoms with van der Waals surface area (Å²) in [5.41, 5.74) is 0. The third-order valence-corrected chi connectivity index (χ3v) is 3.16. The minimum Gasteiger partial charge on any atom is -0.481 e. The summed E-state index contributed by atoms with van der Waals surface area (Å²) >= 11 is 0. The number of aliphatic carboxylic acids is 1. The Balaban J connectivity index is 1.90. The van der Waals surface area contributed by atoms with E-state index in [4.69, 9.17) is 9.84 Å². The Morgan fingerprint density at radius 3 is 2.47 bits per heavy atom. The van der Waals surface area contributed by atoms with E-state index in [1.807, 2.05) is 0 Å². The maximum absolute atomic E-state index is 11.5. The van der Waals surface area contributed by atoms with Gasteiger partial charge < -0.3 is 20.5 Å². The van der Waals surface area contributed by atoms with Crippen LogP contribution in [0.4, 0.5) is 4.79 Å². The summed E-state index contributed by atoms with van der Waals surface area (Å²) in [5.74, 6) is -0.742. The maximum atomic E-state index is 11.5. The highest BCUT2D eigenvalue weighted by Gasteiger charge is 2.15. The summed E-state index contributed by atoms with van der Waals surface area (Å²) in [6.07, 6.45) is 5.44. The van der Waals surface area contributed by atoms with E-state index in [0.29, 0.717) is 26.2 Å². The molecule has 3 N–H and O–H groups in total. The van der Waals surface area contributed by atoms with Crippen LogP contribution >= 0.6 is 0 Å². The molecule has 6 nitrogen and oxygen atoms in total. The fourth-order valence-corrected chi connectivity index (χ4v) is 2.04. The number of carboxylic acid groups (broad SMARTS) is 1. The predicted octanol–water partition coefficient (Wildman–Crippen LogP) is 1.50. The monoisotopic (exact) mass is 272 g/mol. The van der Waals surface area contributed by atoms with Crippen LogP contribution in [0.5, 0.6) is 0 Å². The maximum Gasteiger partial charge on any atom is 0.315 e. The van der Waals surface area contributed by atoms with Crippen molar-refractivity contribution in [2.75, 3.05) is 19.8 Å². The minimum absolute atomic E-state index is 0.113. The molecular formula is C13H24N2O4. The van der Waals surface area contributed by atoms with Crippen molar-refractivity contribution in [3.63, 3.8) is 0 Å². The van der Waals surface area contributed by atoms with E-state index < -0.39 is 5.97 Å². The van der Waals surface area contributed by atoms with E-state index in [0.717, 1.165) is 32.1 Å². The predicted molar refractivity (Wildman–Crippen MR) is 71.1 cm³/mol. The SMILES string of the molecule is O=C(O)CCCCCCNC(=O)NC1CCOCC1. The summed E-state index contributed by atoms with van der Waals surface area (Å²) < 4.78 is 5.22. The van der Waals surface area contributed by atoms with Gasteiger partial charge in [0.1, 0.15) is 0 Å². The standard InChI is InChI=1S/C13H24N2O4/c16-12(17)5-3-1-2-4-8-14-13(18)15-11-6-9-19-10-7-11/h11H,1-10H2,(H,16,17)(H2,14,15,18). The van der Waals surface area contributed by atoms with Crippen molar-refractivity contribution >= 4 is 12.0 Å². The summed E-state index contributed by atoms with van der Waals surface area (Å²) in [5, 5.41) is 14.2. The zero-order chi connectivity index (χ0) is 13.9. The lowest BCUT2D eigenvalue weighted by Crippen LogP contribution is -2.44. The van der Waals surface area contributed by atoms with Crippen molar-refractivity contribution in [1.82, 2.24) is 10.6 Å². The highest BCUT2D eigenvalue weighted by Crippen LogP contribution is 2.05. The molecule has 2 amide bonds. The Morgan fingerprint density at radius 1 is 1.11 bits per heavy atom. The number of amides is 2. The lowest BCUT2D eigenvalue weighted by atomic mass is 10.1. The molecule has 1 rings (SSSR count). The number of carbonyl (C=O) groups excluding carboxylic acids is 1. The quantitative estimate of drug-likeness (QED) is 0.584. The van der Waals surface area contributed by atoms with Crippen LogP contribution in [0.3, 0.4) is 0 Å². The molecule has 0 radical (unpaired) electrons. The number of nitrogens with one attached hydrogen (secondary N) is 2. The van der Waals surface area contributed by atoms with Crippen molar-refractivity contribution in [2.45, 2.75) is 51.0 Å². The Kier molecular flexibility index (Phi) is 7.97. The van der Waals surface area contributed by atoms with Gasteiger partial charge in [-0.05, 0) is 25.7 Å². The lowest BCUT2D eigenvalue weighted by molar-refractivity contribution is -0.137. The van der Waals surface area contributed by atoms with E-state index in [-0.39, 0.29) is 18.5 Å². The molecule has 1 aliphatic heterocycles. The number of hydrogen-bond acceptors (Lipinski definition) is 3. The van der Waals surface area contributed by atoms with E-state index in [1.54, 1.807) is 0 Å². The van der Waals surface area contributed by atoms with Crippen molar-refractivity contribution in [3.8, 4) is 0 Å². The van der Waals surface area contributed by atoms with Crippen LogP contribution in [-0.2, 0) is 9.53 Å². The third-order valence-electron chi connectivity index (χ3n) is 3.16. The van der Waals surface area contributed by atoms with Gasteiger partial charge in [-0.3, -0.25) is 4.79 Å². The van der Waals surface area contributed by atoms with E-state index in [2.05, 4.69) is 10.6 Å². The van der Waals surface area contributed by atoms with Gasteiger partial charge in [-0.2, -0.15) is 0 Å². The molecule has 0 aromatic rings. The van der Waals surface area contributed by atoms with Crippen LogP contribution in [0.15, 0.2) is 0 Å². The van der Waals surface area contributed by atoms with E-state index in [9.17, 15) is 9.59 Å². The Labute approximate surface area is 113 Å². The molecule has 1 saturated heterocycles. The van der Waals surface area contributed by atoms with Gasteiger partial charge in [-0.1, -0.05) is 12.8 Å². The smallest absolute Gasteiger partial charge is 0.315 e. The Hall–Kier alpha value is -1.30. The van der Waals surface area contributed by atoms with Gasteiger partial charge >= 0.3 is 12.0 Å². The summed E-state index contributed by atoms with van der Waals surface area (Å²) in [6, 6.07) is 0.113. The third kappa shape index (κ3) is 8.42. The van der Waals surface area contributed by atoms with Crippen molar-refractivity contribution in [1.29, 1.82) is 0 Å². The van der Waals surface area contributed by atoms with Gasteiger partial charge in [0.05, 0.1) is 0 Å². The molecule has 0 aromatic carbocycles. The molecule has 1 heterocycles. The van der Waals surface area contributed by atoms with Gasteiger partial charge in [0.2, 0.25) is 0 Å². The molecule has 0 saturated carbocycles. The van der Waals surface area contributed by atoms with Gasteiger partial charge in [0.15, 0.2) is 0 Å². The molecule has 1 aliphatic rings. The fraction of sp³-hybridized carbons (Fsp3) is 0.846. The highest BCUT2D eigenvalue weighted by atomic mass is 16.5. The minimum atomic E-state index is -0.742. The summed E-state index contributed by atoms with van der Waals surface area (Å²) in [6.45, 7) is 2.07.